The van der Waals surface area contributed by atoms with Gasteiger partial charge in [0.2, 0.25) is 11.8 Å². The smallest absolute Gasteiger partial charge is 0.239 e. The lowest BCUT2D eigenvalue weighted by atomic mass is 9.90. The number of aromatic nitrogens is 1. The van der Waals surface area contributed by atoms with Gasteiger partial charge in [-0.05, 0) is 56.2 Å². The SMILES string of the molecule is COc1ccc(NC(=O)C(C)(C)C(=O)N(C)CCc2ccncc2)cc1Cl. The summed E-state index contributed by atoms with van der Waals surface area (Å²) in [5.41, 5.74) is 0.366. The standard InChI is InChI=1S/C20H24ClN3O3/c1-20(2,18(25)23-15-5-6-17(27-4)16(21)13-15)19(26)24(3)12-9-14-7-10-22-11-8-14/h5-8,10-11,13H,9,12H2,1-4H3,(H,23,25). The molecule has 144 valence electrons. The van der Waals surface area contributed by atoms with Crippen molar-refractivity contribution in [3.05, 3.63) is 53.3 Å². The van der Waals surface area contributed by atoms with Crippen LogP contribution in [-0.2, 0) is 16.0 Å². The highest BCUT2D eigenvalue weighted by Crippen LogP contribution is 2.28. The highest BCUT2D eigenvalue weighted by molar-refractivity contribution is 6.32. The number of carbonyl (C=O) groups excluding carboxylic acids is 2. The molecule has 0 saturated carbocycles. The van der Waals surface area contributed by atoms with Crippen molar-refractivity contribution in [3.63, 3.8) is 0 Å². The Labute approximate surface area is 164 Å². The Morgan fingerprint density at radius 3 is 2.48 bits per heavy atom. The van der Waals surface area contributed by atoms with Gasteiger partial charge in [0.1, 0.15) is 11.2 Å². The van der Waals surface area contributed by atoms with Gasteiger partial charge in [-0.25, -0.2) is 0 Å². The van der Waals surface area contributed by atoms with E-state index in [1.54, 1.807) is 56.4 Å². The van der Waals surface area contributed by atoms with E-state index in [-0.39, 0.29) is 5.91 Å². The molecule has 1 heterocycles. The van der Waals surface area contributed by atoms with Crippen LogP contribution in [0.15, 0.2) is 42.7 Å². The monoisotopic (exact) mass is 389 g/mol. The van der Waals surface area contributed by atoms with E-state index in [4.69, 9.17) is 16.3 Å². The highest BCUT2D eigenvalue weighted by Gasteiger charge is 2.38. The number of nitrogens with one attached hydrogen (secondary N) is 1. The first-order chi connectivity index (χ1) is 12.8. The third kappa shape index (κ3) is 5.20. The lowest BCUT2D eigenvalue weighted by Gasteiger charge is -2.28. The van der Waals surface area contributed by atoms with Gasteiger partial charge >= 0.3 is 0 Å². The first-order valence-electron chi connectivity index (χ1n) is 8.55. The topological polar surface area (TPSA) is 71.5 Å². The van der Waals surface area contributed by atoms with E-state index >= 15 is 0 Å². The zero-order chi connectivity index (χ0) is 20.0. The maximum atomic E-state index is 12.8. The van der Waals surface area contributed by atoms with Gasteiger partial charge < -0.3 is 15.0 Å². The number of amides is 2. The number of methoxy groups -OCH3 is 1. The molecular weight excluding hydrogens is 366 g/mol. The fraction of sp³-hybridized carbons (Fsp3) is 0.350. The molecule has 0 radical (unpaired) electrons. The summed E-state index contributed by atoms with van der Waals surface area (Å²) in [5, 5.41) is 3.13. The predicted molar refractivity (Wildman–Crippen MR) is 106 cm³/mol. The van der Waals surface area contributed by atoms with E-state index in [1.165, 1.54) is 7.11 Å². The molecule has 1 aromatic heterocycles. The molecule has 0 atom stereocenters. The van der Waals surface area contributed by atoms with Crippen molar-refractivity contribution >= 4 is 29.1 Å². The fourth-order valence-electron chi connectivity index (χ4n) is 2.55. The van der Waals surface area contributed by atoms with Crippen LogP contribution in [0, 0.1) is 5.41 Å². The Bertz CT molecular complexity index is 809. The molecule has 6 nitrogen and oxygen atoms in total. The van der Waals surface area contributed by atoms with Gasteiger partial charge in [-0.1, -0.05) is 11.6 Å². The molecule has 2 aromatic rings. The summed E-state index contributed by atoms with van der Waals surface area (Å²) in [7, 11) is 3.21. The summed E-state index contributed by atoms with van der Waals surface area (Å²) < 4.78 is 5.10. The first-order valence-corrected chi connectivity index (χ1v) is 8.93. The van der Waals surface area contributed by atoms with Crippen LogP contribution in [0.25, 0.3) is 0 Å². The van der Waals surface area contributed by atoms with E-state index in [9.17, 15) is 9.59 Å². The number of likely N-dealkylation sites (N-methyl/N-ethyl adjacent to an activating group) is 1. The Balaban J connectivity index is 2.01. The molecule has 7 heteroatoms. The van der Waals surface area contributed by atoms with Gasteiger partial charge in [-0.15, -0.1) is 0 Å². The van der Waals surface area contributed by atoms with Crippen molar-refractivity contribution in [1.82, 2.24) is 9.88 Å². The van der Waals surface area contributed by atoms with Crippen molar-refractivity contribution in [3.8, 4) is 5.75 Å². The third-order valence-corrected chi connectivity index (χ3v) is 4.64. The van der Waals surface area contributed by atoms with Crippen LogP contribution in [0.3, 0.4) is 0 Å². The van der Waals surface area contributed by atoms with E-state index in [2.05, 4.69) is 10.3 Å². The number of nitrogens with zero attached hydrogens (tertiary/aromatic N) is 2. The number of pyridine rings is 1. The molecule has 0 aliphatic rings. The fourth-order valence-corrected chi connectivity index (χ4v) is 2.81. The molecule has 0 spiro atoms. The van der Waals surface area contributed by atoms with Crippen molar-refractivity contribution in [2.75, 3.05) is 26.0 Å². The molecule has 0 fully saturated rings. The Morgan fingerprint density at radius 2 is 1.89 bits per heavy atom. The highest BCUT2D eigenvalue weighted by atomic mass is 35.5. The second-order valence-electron chi connectivity index (χ2n) is 6.76. The minimum atomic E-state index is -1.22. The van der Waals surface area contributed by atoms with Gasteiger partial charge in [0.05, 0.1) is 12.1 Å². The lowest BCUT2D eigenvalue weighted by Crippen LogP contribution is -2.46. The number of rotatable bonds is 7. The van der Waals surface area contributed by atoms with Crippen LogP contribution >= 0.6 is 11.6 Å². The molecule has 0 aliphatic heterocycles. The van der Waals surface area contributed by atoms with Crippen LogP contribution in [0.5, 0.6) is 5.75 Å². The van der Waals surface area contributed by atoms with Gasteiger partial charge in [-0.2, -0.15) is 0 Å². The van der Waals surface area contributed by atoms with Crippen molar-refractivity contribution < 1.29 is 14.3 Å². The average Bonchev–Trinajstić information content (AvgIpc) is 2.66. The first kappa shape index (κ1) is 20.7. The summed E-state index contributed by atoms with van der Waals surface area (Å²) in [5.74, 6) is -0.140. The largest absolute Gasteiger partial charge is 0.495 e. The number of halogens is 1. The molecule has 0 saturated heterocycles. The van der Waals surface area contributed by atoms with E-state index in [0.29, 0.717) is 29.4 Å². The molecule has 2 rings (SSSR count). The molecule has 27 heavy (non-hydrogen) atoms. The molecule has 0 bridgehead atoms. The Morgan fingerprint density at radius 1 is 1.22 bits per heavy atom. The minimum absolute atomic E-state index is 0.256. The molecule has 0 aliphatic carbocycles. The molecular formula is C20H24ClN3O3. The Hall–Kier alpha value is -2.60. The number of benzene rings is 1. The summed E-state index contributed by atoms with van der Waals surface area (Å²) in [4.78, 5) is 31.0. The summed E-state index contributed by atoms with van der Waals surface area (Å²) >= 11 is 6.08. The van der Waals surface area contributed by atoms with Crippen LogP contribution < -0.4 is 10.1 Å². The second-order valence-corrected chi connectivity index (χ2v) is 7.17. The normalized spacial score (nSPS) is 11.0. The van der Waals surface area contributed by atoms with Gasteiger partial charge in [0.15, 0.2) is 0 Å². The molecule has 2 amide bonds. The molecule has 0 unspecified atom stereocenters. The van der Waals surface area contributed by atoms with Crippen molar-refractivity contribution in [1.29, 1.82) is 0 Å². The maximum absolute atomic E-state index is 12.8. The maximum Gasteiger partial charge on any atom is 0.239 e. The predicted octanol–water partition coefficient (Wildman–Crippen LogP) is 3.41. The molecule has 1 aromatic carbocycles. The van der Waals surface area contributed by atoms with E-state index in [0.717, 1.165) is 5.56 Å². The van der Waals surface area contributed by atoms with Crippen molar-refractivity contribution in [2.24, 2.45) is 5.41 Å². The van der Waals surface area contributed by atoms with Crippen LogP contribution in [-0.4, -0.2) is 42.4 Å². The van der Waals surface area contributed by atoms with Crippen molar-refractivity contribution in [2.45, 2.75) is 20.3 Å². The summed E-state index contributed by atoms with van der Waals surface area (Å²) in [6.45, 7) is 3.73. The van der Waals surface area contributed by atoms with Crippen LogP contribution in [0.2, 0.25) is 5.02 Å². The number of ether oxygens (including phenoxy) is 1. The van der Waals surface area contributed by atoms with E-state index in [1.807, 2.05) is 12.1 Å². The summed E-state index contributed by atoms with van der Waals surface area (Å²) in [6, 6.07) is 8.74. The average molecular weight is 390 g/mol. The zero-order valence-corrected chi connectivity index (χ0v) is 16.7. The lowest BCUT2D eigenvalue weighted by molar-refractivity contribution is -0.145. The van der Waals surface area contributed by atoms with Gasteiger partial charge in [0, 0.05) is 31.7 Å². The van der Waals surface area contributed by atoms with Gasteiger partial charge in [-0.3, -0.25) is 14.6 Å². The molecule has 1 N–H and O–H groups in total. The van der Waals surface area contributed by atoms with Gasteiger partial charge in [0.25, 0.3) is 0 Å². The van der Waals surface area contributed by atoms with Crippen LogP contribution in [0.1, 0.15) is 19.4 Å². The number of carbonyl (C=O) groups is 2. The number of hydrogen-bond acceptors (Lipinski definition) is 4. The minimum Gasteiger partial charge on any atom is -0.495 e. The summed E-state index contributed by atoms with van der Waals surface area (Å²) in [6.07, 6.45) is 4.12. The number of hydrogen-bond donors (Lipinski definition) is 1. The quantitative estimate of drug-likeness (QED) is 0.736. The van der Waals surface area contributed by atoms with E-state index < -0.39 is 11.3 Å². The third-order valence-electron chi connectivity index (χ3n) is 4.34. The second kappa shape index (κ2) is 8.86. The zero-order valence-electron chi connectivity index (χ0n) is 16.0. The number of anilines is 1. The Kier molecular flexibility index (Phi) is 6.80. The van der Waals surface area contributed by atoms with Crippen LogP contribution in [0.4, 0.5) is 5.69 Å².